The molecule has 2 nitrogen and oxygen atoms in total. The zero-order chi connectivity index (χ0) is 11.2. The summed E-state index contributed by atoms with van der Waals surface area (Å²) in [6.45, 7) is 4.18. The van der Waals surface area contributed by atoms with Crippen LogP contribution in [0.3, 0.4) is 0 Å². The molecule has 1 aliphatic heterocycles. The van der Waals surface area contributed by atoms with Gasteiger partial charge in [0.15, 0.2) is 0 Å². The molecule has 1 aliphatic rings. The van der Waals surface area contributed by atoms with Crippen LogP contribution in [0.15, 0.2) is 30.3 Å². The van der Waals surface area contributed by atoms with Gasteiger partial charge in [0.25, 0.3) is 0 Å². The summed E-state index contributed by atoms with van der Waals surface area (Å²) in [4.78, 5) is 2.29. The summed E-state index contributed by atoms with van der Waals surface area (Å²) < 4.78 is 1.03. The molecule has 2 rings (SSSR count). The molecule has 0 radical (unpaired) electrons. The Hall–Kier alpha value is -0.290. The van der Waals surface area contributed by atoms with Crippen molar-refractivity contribution in [2.45, 2.75) is 5.75 Å². The van der Waals surface area contributed by atoms with Crippen LogP contribution >= 0.6 is 36.4 Å². The Kier molecular flexibility index (Phi) is 6.89. The molecule has 0 bridgehead atoms. The molecule has 1 aromatic rings. The smallest absolute Gasteiger partial charge is 0.136 e. The highest BCUT2D eigenvalue weighted by molar-refractivity contribution is 8.22. The first-order valence-electron chi connectivity index (χ1n) is 5.52. The van der Waals surface area contributed by atoms with Gasteiger partial charge in [0.05, 0.1) is 0 Å². The van der Waals surface area contributed by atoms with Gasteiger partial charge in [-0.05, 0) is 5.56 Å². The second kappa shape index (κ2) is 7.93. The van der Waals surface area contributed by atoms with Gasteiger partial charge < -0.3 is 10.2 Å². The number of piperazine rings is 1. The third-order valence-electron chi connectivity index (χ3n) is 2.58. The molecule has 17 heavy (non-hydrogen) atoms. The van der Waals surface area contributed by atoms with Crippen molar-refractivity contribution in [2.24, 2.45) is 0 Å². The Balaban J connectivity index is 0.00000144. The Morgan fingerprint density at radius 1 is 1.24 bits per heavy atom. The van der Waals surface area contributed by atoms with Crippen LogP contribution in [0.1, 0.15) is 5.56 Å². The van der Waals surface area contributed by atoms with Crippen LogP contribution in [0.4, 0.5) is 0 Å². The van der Waals surface area contributed by atoms with Gasteiger partial charge in [-0.1, -0.05) is 54.3 Å². The molecule has 0 unspecified atom stereocenters. The number of thioether (sulfide) groups is 1. The van der Waals surface area contributed by atoms with Gasteiger partial charge in [-0.25, -0.2) is 0 Å². The summed E-state index contributed by atoms with van der Waals surface area (Å²) in [5.41, 5.74) is 1.34. The Bertz CT molecular complexity index is 340. The van der Waals surface area contributed by atoms with Crippen molar-refractivity contribution in [2.75, 3.05) is 26.2 Å². The average molecular weight is 289 g/mol. The molecule has 5 heteroatoms. The van der Waals surface area contributed by atoms with E-state index in [0.717, 1.165) is 36.3 Å². The van der Waals surface area contributed by atoms with E-state index in [9.17, 15) is 0 Å². The van der Waals surface area contributed by atoms with E-state index in [1.54, 1.807) is 11.8 Å². The maximum atomic E-state index is 5.43. The molecule has 1 N–H and O–H groups in total. The van der Waals surface area contributed by atoms with Crippen LogP contribution in [-0.4, -0.2) is 35.4 Å². The minimum absolute atomic E-state index is 0. The number of nitrogens with one attached hydrogen (secondary N) is 1. The highest BCUT2D eigenvalue weighted by atomic mass is 35.5. The lowest BCUT2D eigenvalue weighted by atomic mass is 10.2. The van der Waals surface area contributed by atoms with Crippen molar-refractivity contribution in [3.8, 4) is 0 Å². The summed E-state index contributed by atoms with van der Waals surface area (Å²) in [5, 5.41) is 3.33. The monoisotopic (exact) mass is 288 g/mol. The van der Waals surface area contributed by atoms with Crippen LogP contribution in [0.2, 0.25) is 0 Å². The van der Waals surface area contributed by atoms with Crippen molar-refractivity contribution in [1.29, 1.82) is 0 Å². The molecule has 0 spiro atoms. The van der Waals surface area contributed by atoms with Gasteiger partial charge >= 0.3 is 0 Å². The zero-order valence-corrected chi connectivity index (χ0v) is 12.0. The number of thiocarbonyl (C=S) groups is 1. The Labute approximate surface area is 119 Å². The molecule has 0 aliphatic carbocycles. The third kappa shape index (κ3) is 4.84. The van der Waals surface area contributed by atoms with E-state index in [0.29, 0.717) is 0 Å². The van der Waals surface area contributed by atoms with Gasteiger partial charge in [-0.15, -0.1) is 12.4 Å². The molecule has 0 aromatic heterocycles. The molecule has 0 amide bonds. The largest absolute Gasteiger partial charge is 0.355 e. The molecular formula is C12H17ClN2S2. The Morgan fingerprint density at radius 3 is 2.53 bits per heavy atom. The predicted octanol–water partition coefficient (Wildman–Crippen LogP) is 2.53. The lowest BCUT2D eigenvalue weighted by molar-refractivity contribution is 0.368. The third-order valence-corrected chi connectivity index (χ3v) is 4.17. The van der Waals surface area contributed by atoms with Gasteiger partial charge in [-0.3, -0.25) is 0 Å². The highest BCUT2D eigenvalue weighted by Crippen LogP contribution is 2.16. The van der Waals surface area contributed by atoms with E-state index in [-0.39, 0.29) is 12.4 Å². The molecule has 1 heterocycles. The maximum Gasteiger partial charge on any atom is 0.136 e. The summed E-state index contributed by atoms with van der Waals surface area (Å²) >= 11 is 7.20. The van der Waals surface area contributed by atoms with Crippen LogP contribution < -0.4 is 5.32 Å². The van der Waals surface area contributed by atoms with E-state index in [2.05, 4.69) is 34.5 Å². The number of hydrogen-bond acceptors (Lipinski definition) is 3. The molecule has 0 atom stereocenters. The number of rotatable bonds is 2. The molecule has 1 fully saturated rings. The summed E-state index contributed by atoms with van der Waals surface area (Å²) in [6.07, 6.45) is 0. The molecule has 94 valence electrons. The lowest BCUT2D eigenvalue weighted by Gasteiger charge is -2.29. The first-order valence-corrected chi connectivity index (χ1v) is 6.92. The van der Waals surface area contributed by atoms with Crippen molar-refractivity contribution < 1.29 is 0 Å². The first kappa shape index (κ1) is 14.8. The van der Waals surface area contributed by atoms with Gasteiger partial charge in [0, 0.05) is 31.9 Å². The summed E-state index contributed by atoms with van der Waals surface area (Å²) in [5.74, 6) is 0.976. The first-order chi connectivity index (χ1) is 7.86. The molecule has 1 saturated heterocycles. The normalized spacial score (nSPS) is 15.2. The quantitative estimate of drug-likeness (QED) is 0.841. The minimum Gasteiger partial charge on any atom is -0.355 e. The van der Waals surface area contributed by atoms with Gasteiger partial charge in [0.2, 0.25) is 0 Å². The van der Waals surface area contributed by atoms with E-state index < -0.39 is 0 Å². The van der Waals surface area contributed by atoms with Crippen LogP contribution in [0.5, 0.6) is 0 Å². The van der Waals surface area contributed by atoms with Crippen LogP contribution in [0, 0.1) is 0 Å². The van der Waals surface area contributed by atoms with Crippen molar-refractivity contribution in [3.63, 3.8) is 0 Å². The summed E-state index contributed by atoms with van der Waals surface area (Å²) in [6, 6.07) is 10.5. The SMILES string of the molecule is Cl.S=C(SCc1ccccc1)N1CCNCC1. The van der Waals surface area contributed by atoms with Crippen LogP contribution in [0.25, 0.3) is 0 Å². The second-order valence-corrected chi connectivity index (χ2v) is 5.39. The molecular weight excluding hydrogens is 272 g/mol. The van der Waals surface area contributed by atoms with E-state index in [1.807, 2.05) is 6.07 Å². The van der Waals surface area contributed by atoms with Crippen molar-refractivity contribution in [3.05, 3.63) is 35.9 Å². The topological polar surface area (TPSA) is 15.3 Å². The maximum absolute atomic E-state index is 5.43. The lowest BCUT2D eigenvalue weighted by Crippen LogP contribution is -2.44. The second-order valence-electron chi connectivity index (χ2n) is 3.78. The Morgan fingerprint density at radius 2 is 1.88 bits per heavy atom. The van der Waals surface area contributed by atoms with Crippen molar-refractivity contribution >= 4 is 40.7 Å². The zero-order valence-electron chi connectivity index (χ0n) is 9.59. The fourth-order valence-electron chi connectivity index (χ4n) is 1.66. The van der Waals surface area contributed by atoms with Gasteiger partial charge in [0.1, 0.15) is 4.32 Å². The molecule has 1 aromatic carbocycles. The fraction of sp³-hybridized carbons (Fsp3) is 0.417. The number of halogens is 1. The van der Waals surface area contributed by atoms with Gasteiger partial charge in [-0.2, -0.15) is 0 Å². The van der Waals surface area contributed by atoms with Crippen molar-refractivity contribution in [1.82, 2.24) is 10.2 Å². The van der Waals surface area contributed by atoms with E-state index >= 15 is 0 Å². The minimum atomic E-state index is 0. The van der Waals surface area contributed by atoms with E-state index in [1.165, 1.54) is 5.56 Å². The van der Waals surface area contributed by atoms with Crippen LogP contribution in [-0.2, 0) is 5.75 Å². The number of hydrogen-bond donors (Lipinski definition) is 1. The average Bonchev–Trinajstić information content (AvgIpc) is 2.38. The number of nitrogens with zero attached hydrogens (tertiary/aromatic N) is 1. The summed E-state index contributed by atoms with van der Waals surface area (Å²) in [7, 11) is 0. The number of benzene rings is 1. The highest BCUT2D eigenvalue weighted by Gasteiger charge is 2.12. The fourth-order valence-corrected chi connectivity index (χ4v) is 2.87. The van der Waals surface area contributed by atoms with E-state index in [4.69, 9.17) is 12.2 Å². The standard InChI is InChI=1S/C12H16N2S2.ClH/c15-12(14-8-6-13-7-9-14)16-10-11-4-2-1-3-5-11;/h1-5,13H,6-10H2;1H. The molecule has 0 saturated carbocycles. The predicted molar refractivity (Wildman–Crippen MR) is 82.0 cm³/mol.